The van der Waals surface area contributed by atoms with Crippen LogP contribution in [0.15, 0.2) is 162 Å². The first-order chi connectivity index (χ1) is 23.7. The third-order valence-electron chi connectivity index (χ3n) is 8.82. The average molecular weight is 636 g/mol. The number of hydrogen-bond acceptors (Lipinski definition) is 4. The average Bonchev–Trinajstić information content (AvgIpc) is 3.53. The van der Waals surface area contributed by atoms with E-state index in [9.17, 15) is 0 Å². The van der Waals surface area contributed by atoms with Crippen LogP contribution in [0.2, 0.25) is 5.02 Å². The van der Waals surface area contributed by atoms with Gasteiger partial charge in [-0.25, -0.2) is 15.0 Å². The van der Waals surface area contributed by atoms with Crippen molar-refractivity contribution in [3.05, 3.63) is 163 Å². The van der Waals surface area contributed by atoms with Crippen LogP contribution in [-0.4, -0.2) is 15.0 Å². The first-order valence-corrected chi connectivity index (χ1v) is 16.2. The molecular weight excluding hydrogens is 610 g/mol. The summed E-state index contributed by atoms with van der Waals surface area (Å²) < 4.78 is 6.14. The molecule has 0 aliphatic carbocycles. The number of rotatable bonds is 5. The molecular formula is C43H26ClN3O. The van der Waals surface area contributed by atoms with Crippen LogP contribution >= 0.6 is 11.6 Å². The molecule has 5 heteroatoms. The second kappa shape index (κ2) is 11.6. The van der Waals surface area contributed by atoms with E-state index in [1.54, 1.807) is 0 Å². The standard InChI is InChI=1S/C43H26ClN3O/c44-33-24-25-38-37(26-33)40-36(14-7-15-39(40)48-38)29-18-22-32(23-19-29)43-46-41(30-9-2-1-3-10-30)45-42(47-43)31-20-16-28(17-21-31)35-13-6-11-27-8-4-5-12-34(27)35/h1-26H. The van der Waals surface area contributed by atoms with Crippen molar-refractivity contribution in [2.24, 2.45) is 0 Å². The highest BCUT2D eigenvalue weighted by molar-refractivity contribution is 6.32. The lowest BCUT2D eigenvalue weighted by Gasteiger charge is -2.11. The molecule has 0 saturated carbocycles. The zero-order valence-corrected chi connectivity index (χ0v) is 26.4. The molecule has 0 aliphatic rings. The molecule has 226 valence electrons. The van der Waals surface area contributed by atoms with Gasteiger partial charge in [0.15, 0.2) is 17.5 Å². The maximum Gasteiger partial charge on any atom is 0.164 e. The highest BCUT2D eigenvalue weighted by Gasteiger charge is 2.16. The van der Waals surface area contributed by atoms with Gasteiger partial charge in [-0.1, -0.05) is 145 Å². The fourth-order valence-electron chi connectivity index (χ4n) is 6.46. The molecule has 4 nitrogen and oxygen atoms in total. The van der Waals surface area contributed by atoms with Gasteiger partial charge in [0.1, 0.15) is 11.2 Å². The Balaban J connectivity index is 1.12. The molecule has 0 amide bonds. The first kappa shape index (κ1) is 28.1. The van der Waals surface area contributed by atoms with Crippen LogP contribution in [0, 0.1) is 0 Å². The van der Waals surface area contributed by atoms with Gasteiger partial charge in [0, 0.05) is 32.5 Å². The molecule has 9 rings (SSSR count). The Morgan fingerprint density at radius 2 is 0.938 bits per heavy atom. The normalized spacial score (nSPS) is 11.4. The zero-order valence-electron chi connectivity index (χ0n) is 25.6. The van der Waals surface area contributed by atoms with Gasteiger partial charge in [-0.3, -0.25) is 0 Å². The maximum atomic E-state index is 6.37. The fraction of sp³-hybridized carbons (Fsp3) is 0. The SMILES string of the molecule is Clc1ccc2oc3cccc(-c4ccc(-c5nc(-c6ccccc6)nc(-c6ccc(-c7cccc8ccccc78)cc6)n5)cc4)c3c2c1. The molecule has 7 aromatic carbocycles. The van der Waals surface area contributed by atoms with Crippen LogP contribution in [0.4, 0.5) is 0 Å². The lowest BCUT2D eigenvalue weighted by molar-refractivity contribution is 0.669. The highest BCUT2D eigenvalue weighted by Crippen LogP contribution is 2.38. The lowest BCUT2D eigenvalue weighted by atomic mass is 9.97. The van der Waals surface area contributed by atoms with Crippen LogP contribution in [0.25, 0.3) is 89.1 Å². The third kappa shape index (κ3) is 5.00. The van der Waals surface area contributed by atoms with E-state index in [1.807, 2.05) is 60.7 Å². The second-order valence-corrected chi connectivity index (χ2v) is 12.2. The van der Waals surface area contributed by atoms with Gasteiger partial charge in [0.05, 0.1) is 0 Å². The van der Waals surface area contributed by atoms with E-state index < -0.39 is 0 Å². The summed E-state index contributed by atoms with van der Waals surface area (Å²) >= 11 is 6.37. The third-order valence-corrected chi connectivity index (χ3v) is 9.06. The summed E-state index contributed by atoms with van der Waals surface area (Å²) in [7, 11) is 0. The van der Waals surface area contributed by atoms with Crippen LogP contribution < -0.4 is 0 Å². The molecule has 9 aromatic rings. The second-order valence-electron chi connectivity index (χ2n) is 11.8. The topological polar surface area (TPSA) is 51.8 Å². The van der Waals surface area contributed by atoms with Gasteiger partial charge in [0.25, 0.3) is 0 Å². The van der Waals surface area contributed by atoms with Crippen molar-refractivity contribution in [3.8, 4) is 56.4 Å². The summed E-state index contributed by atoms with van der Waals surface area (Å²) in [6.45, 7) is 0. The van der Waals surface area contributed by atoms with Crippen molar-refractivity contribution < 1.29 is 4.42 Å². The summed E-state index contributed by atoms with van der Waals surface area (Å²) in [5.41, 5.74) is 8.89. The lowest BCUT2D eigenvalue weighted by Crippen LogP contribution is -2.00. The minimum atomic E-state index is 0.613. The predicted molar refractivity (Wildman–Crippen MR) is 197 cm³/mol. The summed E-state index contributed by atoms with van der Waals surface area (Å²) in [5.74, 6) is 1.87. The first-order valence-electron chi connectivity index (χ1n) is 15.8. The van der Waals surface area contributed by atoms with Crippen molar-refractivity contribution in [3.63, 3.8) is 0 Å². The maximum absolute atomic E-state index is 6.37. The van der Waals surface area contributed by atoms with Gasteiger partial charge in [-0.2, -0.15) is 0 Å². The van der Waals surface area contributed by atoms with Gasteiger partial charge in [0.2, 0.25) is 0 Å². The highest BCUT2D eigenvalue weighted by atomic mass is 35.5. The molecule has 0 fully saturated rings. The monoisotopic (exact) mass is 635 g/mol. The molecule has 0 N–H and O–H groups in total. The van der Waals surface area contributed by atoms with Gasteiger partial charge >= 0.3 is 0 Å². The van der Waals surface area contributed by atoms with Crippen LogP contribution in [0.1, 0.15) is 0 Å². The number of halogens is 1. The molecule has 2 heterocycles. The van der Waals surface area contributed by atoms with Gasteiger partial charge in [-0.15, -0.1) is 0 Å². The van der Waals surface area contributed by atoms with Crippen LogP contribution in [0.5, 0.6) is 0 Å². The van der Waals surface area contributed by atoms with E-state index in [-0.39, 0.29) is 0 Å². The van der Waals surface area contributed by atoms with Crippen molar-refractivity contribution in [2.75, 3.05) is 0 Å². The van der Waals surface area contributed by atoms with Crippen LogP contribution in [0.3, 0.4) is 0 Å². The molecule has 0 unspecified atom stereocenters. The molecule has 0 bridgehead atoms. The zero-order chi connectivity index (χ0) is 32.0. The van der Waals surface area contributed by atoms with E-state index >= 15 is 0 Å². The van der Waals surface area contributed by atoms with E-state index in [1.165, 1.54) is 16.3 Å². The minimum absolute atomic E-state index is 0.613. The van der Waals surface area contributed by atoms with Crippen molar-refractivity contribution in [2.45, 2.75) is 0 Å². The molecule has 48 heavy (non-hydrogen) atoms. The molecule has 0 spiro atoms. The van der Waals surface area contributed by atoms with Crippen molar-refractivity contribution in [1.29, 1.82) is 0 Å². The van der Waals surface area contributed by atoms with E-state index in [4.69, 9.17) is 31.0 Å². The quantitative estimate of drug-likeness (QED) is 0.189. The van der Waals surface area contributed by atoms with E-state index in [0.29, 0.717) is 22.5 Å². The van der Waals surface area contributed by atoms with Crippen molar-refractivity contribution in [1.82, 2.24) is 15.0 Å². The minimum Gasteiger partial charge on any atom is -0.456 e. The number of fused-ring (bicyclic) bond motifs is 4. The summed E-state index contributed by atoms with van der Waals surface area (Å²) in [6, 6.07) is 53.6. The fourth-order valence-corrected chi connectivity index (χ4v) is 6.64. The van der Waals surface area contributed by atoms with Crippen LogP contribution in [-0.2, 0) is 0 Å². The number of benzene rings is 7. The number of aromatic nitrogens is 3. The molecule has 0 saturated heterocycles. The molecule has 0 radical (unpaired) electrons. The largest absolute Gasteiger partial charge is 0.456 e. The smallest absolute Gasteiger partial charge is 0.164 e. The summed E-state index contributed by atoms with van der Waals surface area (Å²) in [4.78, 5) is 14.9. The molecule has 0 aliphatic heterocycles. The molecule has 2 aromatic heterocycles. The van der Waals surface area contributed by atoms with E-state index in [0.717, 1.165) is 55.3 Å². The number of furan rings is 1. The Hall–Kier alpha value is -6.10. The summed E-state index contributed by atoms with van der Waals surface area (Å²) in [6.07, 6.45) is 0. The Kier molecular flexibility index (Phi) is 6.81. The number of nitrogens with zero attached hydrogens (tertiary/aromatic N) is 3. The Morgan fingerprint density at radius 3 is 1.65 bits per heavy atom. The molecule has 0 atom stereocenters. The predicted octanol–water partition coefficient (Wildman–Crippen LogP) is 11.9. The van der Waals surface area contributed by atoms with Crippen molar-refractivity contribution >= 4 is 44.3 Å². The van der Waals surface area contributed by atoms with Gasteiger partial charge < -0.3 is 4.42 Å². The Morgan fingerprint density at radius 1 is 0.396 bits per heavy atom. The van der Waals surface area contributed by atoms with E-state index in [2.05, 4.69) is 97.1 Å². The van der Waals surface area contributed by atoms with Gasteiger partial charge in [-0.05, 0) is 57.3 Å². The number of hydrogen-bond donors (Lipinski definition) is 0. The Bertz CT molecular complexity index is 2610. The Labute approximate surface area is 282 Å². The summed E-state index contributed by atoms with van der Waals surface area (Å²) in [5, 5.41) is 5.17.